The molecule has 0 saturated carbocycles. The first kappa shape index (κ1) is 7.73. The summed E-state index contributed by atoms with van der Waals surface area (Å²) in [5, 5.41) is 6.96. The van der Waals surface area contributed by atoms with E-state index in [9.17, 15) is 0 Å². The normalized spacial score (nSPS) is 29.5. The maximum atomic E-state index is 5.44. The van der Waals surface area contributed by atoms with Crippen molar-refractivity contribution in [3.05, 3.63) is 11.6 Å². The molecule has 12 heavy (non-hydrogen) atoms. The molecule has 2 atom stereocenters. The lowest BCUT2D eigenvalue weighted by Crippen LogP contribution is -2.00. The summed E-state index contributed by atoms with van der Waals surface area (Å²) in [5.41, 5.74) is 0. The largest absolute Gasteiger partial charge is 0.378 e. The standard InChI is InChI=1S/C8H13N3O/c1-5-3-7(4-12-5)8-9-6(2)10-11-8/h5,7H,3-4H2,1-2H3,(H,9,10,11). The van der Waals surface area contributed by atoms with E-state index < -0.39 is 0 Å². The third-order valence-electron chi connectivity index (χ3n) is 2.18. The molecule has 1 aromatic heterocycles. The second-order valence-corrected chi connectivity index (χ2v) is 3.36. The molecule has 0 radical (unpaired) electrons. The number of aryl methyl sites for hydroxylation is 1. The van der Waals surface area contributed by atoms with Crippen LogP contribution in [-0.4, -0.2) is 27.9 Å². The minimum absolute atomic E-state index is 0.355. The van der Waals surface area contributed by atoms with E-state index in [0.29, 0.717) is 12.0 Å². The van der Waals surface area contributed by atoms with Crippen LogP contribution in [0.15, 0.2) is 0 Å². The van der Waals surface area contributed by atoms with Crippen molar-refractivity contribution in [2.75, 3.05) is 6.61 Å². The van der Waals surface area contributed by atoms with E-state index in [-0.39, 0.29) is 0 Å². The predicted octanol–water partition coefficient (Wildman–Crippen LogP) is 1.01. The van der Waals surface area contributed by atoms with E-state index in [1.807, 2.05) is 6.92 Å². The Hall–Kier alpha value is -0.900. The van der Waals surface area contributed by atoms with Crippen LogP contribution >= 0.6 is 0 Å². The minimum Gasteiger partial charge on any atom is -0.378 e. The number of hydrogen-bond acceptors (Lipinski definition) is 3. The Bertz CT molecular complexity index is 271. The highest BCUT2D eigenvalue weighted by Gasteiger charge is 2.26. The van der Waals surface area contributed by atoms with Crippen LogP contribution < -0.4 is 0 Å². The number of rotatable bonds is 1. The minimum atomic E-state index is 0.355. The molecule has 2 unspecified atom stereocenters. The van der Waals surface area contributed by atoms with Crippen LogP contribution in [-0.2, 0) is 4.74 Å². The van der Waals surface area contributed by atoms with E-state index in [0.717, 1.165) is 24.7 Å². The van der Waals surface area contributed by atoms with Gasteiger partial charge in [-0.2, -0.15) is 5.10 Å². The molecule has 1 aliphatic heterocycles. The first-order valence-electron chi connectivity index (χ1n) is 4.26. The topological polar surface area (TPSA) is 50.8 Å². The predicted molar refractivity (Wildman–Crippen MR) is 43.9 cm³/mol. The molecule has 2 heterocycles. The lowest BCUT2D eigenvalue weighted by atomic mass is 10.1. The average molecular weight is 167 g/mol. The van der Waals surface area contributed by atoms with E-state index in [1.54, 1.807) is 0 Å². The summed E-state index contributed by atoms with van der Waals surface area (Å²) in [6, 6.07) is 0. The van der Waals surface area contributed by atoms with Crippen molar-refractivity contribution >= 4 is 0 Å². The summed E-state index contributed by atoms with van der Waals surface area (Å²) >= 11 is 0. The van der Waals surface area contributed by atoms with Gasteiger partial charge in [-0.3, -0.25) is 5.10 Å². The number of ether oxygens (including phenoxy) is 1. The van der Waals surface area contributed by atoms with Crippen LogP contribution in [0, 0.1) is 6.92 Å². The van der Waals surface area contributed by atoms with Gasteiger partial charge >= 0.3 is 0 Å². The number of nitrogens with one attached hydrogen (secondary N) is 1. The zero-order chi connectivity index (χ0) is 8.55. The average Bonchev–Trinajstić information content (AvgIpc) is 2.58. The number of aromatic nitrogens is 3. The molecular formula is C8H13N3O. The van der Waals surface area contributed by atoms with Gasteiger partial charge in [-0.15, -0.1) is 0 Å². The third kappa shape index (κ3) is 1.34. The fraction of sp³-hybridized carbons (Fsp3) is 0.750. The van der Waals surface area contributed by atoms with E-state index >= 15 is 0 Å². The number of H-pyrrole nitrogens is 1. The van der Waals surface area contributed by atoms with Crippen LogP contribution in [0.4, 0.5) is 0 Å². The molecule has 4 heteroatoms. The summed E-state index contributed by atoms with van der Waals surface area (Å²) in [4.78, 5) is 4.28. The number of nitrogens with zero attached hydrogens (tertiary/aromatic N) is 2. The Morgan fingerprint density at radius 2 is 2.42 bits per heavy atom. The Labute approximate surface area is 71.3 Å². The van der Waals surface area contributed by atoms with Crippen LogP contribution in [0.3, 0.4) is 0 Å². The molecule has 0 spiro atoms. The fourth-order valence-corrected chi connectivity index (χ4v) is 1.54. The van der Waals surface area contributed by atoms with Crippen LogP contribution in [0.5, 0.6) is 0 Å². The Morgan fingerprint density at radius 1 is 1.58 bits per heavy atom. The molecule has 1 fully saturated rings. The molecule has 66 valence electrons. The van der Waals surface area contributed by atoms with E-state index in [4.69, 9.17) is 4.74 Å². The van der Waals surface area contributed by atoms with Crippen molar-refractivity contribution in [1.82, 2.24) is 15.2 Å². The van der Waals surface area contributed by atoms with Gasteiger partial charge in [0.15, 0.2) is 5.82 Å². The molecule has 1 N–H and O–H groups in total. The molecule has 1 aliphatic rings. The quantitative estimate of drug-likeness (QED) is 0.679. The zero-order valence-electron chi connectivity index (χ0n) is 7.37. The van der Waals surface area contributed by atoms with Crippen molar-refractivity contribution < 1.29 is 4.74 Å². The third-order valence-corrected chi connectivity index (χ3v) is 2.18. The highest BCUT2D eigenvalue weighted by atomic mass is 16.5. The van der Waals surface area contributed by atoms with Gasteiger partial charge in [0.25, 0.3) is 0 Å². The number of aromatic amines is 1. The van der Waals surface area contributed by atoms with Crippen LogP contribution in [0.1, 0.15) is 30.9 Å². The van der Waals surface area contributed by atoms with E-state index in [1.165, 1.54) is 0 Å². The van der Waals surface area contributed by atoms with E-state index in [2.05, 4.69) is 22.1 Å². The van der Waals surface area contributed by atoms with Gasteiger partial charge < -0.3 is 4.74 Å². The second kappa shape index (κ2) is 2.86. The first-order valence-corrected chi connectivity index (χ1v) is 4.26. The van der Waals surface area contributed by atoms with Gasteiger partial charge in [-0.05, 0) is 20.3 Å². The molecule has 1 aromatic rings. The molecule has 0 aliphatic carbocycles. The van der Waals surface area contributed by atoms with Crippen LogP contribution in [0.25, 0.3) is 0 Å². The molecule has 4 nitrogen and oxygen atoms in total. The van der Waals surface area contributed by atoms with Crippen molar-refractivity contribution in [2.24, 2.45) is 0 Å². The second-order valence-electron chi connectivity index (χ2n) is 3.36. The first-order chi connectivity index (χ1) is 5.75. The van der Waals surface area contributed by atoms with Gasteiger partial charge in [0.05, 0.1) is 12.7 Å². The van der Waals surface area contributed by atoms with Crippen molar-refractivity contribution in [3.8, 4) is 0 Å². The summed E-state index contributed by atoms with van der Waals surface area (Å²) in [5.74, 6) is 2.17. The number of hydrogen-bond donors (Lipinski definition) is 1. The van der Waals surface area contributed by atoms with Gasteiger partial charge in [0, 0.05) is 5.92 Å². The van der Waals surface area contributed by atoms with Gasteiger partial charge in [0.2, 0.25) is 0 Å². The van der Waals surface area contributed by atoms with Crippen molar-refractivity contribution in [2.45, 2.75) is 32.3 Å². The van der Waals surface area contributed by atoms with Crippen molar-refractivity contribution in [1.29, 1.82) is 0 Å². The van der Waals surface area contributed by atoms with Gasteiger partial charge in [-0.1, -0.05) is 0 Å². The Morgan fingerprint density at radius 3 is 2.92 bits per heavy atom. The smallest absolute Gasteiger partial charge is 0.156 e. The van der Waals surface area contributed by atoms with Gasteiger partial charge in [0.1, 0.15) is 5.82 Å². The molecule has 0 aromatic carbocycles. The fourth-order valence-electron chi connectivity index (χ4n) is 1.54. The molecule has 1 saturated heterocycles. The lowest BCUT2D eigenvalue weighted by molar-refractivity contribution is 0.123. The highest BCUT2D eigenvalue weighted by Crippen LogP contribution is 2.26. The Kier molecular flexibility index (Phi) is 1.84. The molecular weight excluding hydrogens is 154 g/mol. The van der Waals surface area contributed by atoms with Crippen LogP contribution in [0.2, 0.25) is 0 Å². The SMILES string of the molecule is Cc1nc(C2COC(C)C2)n[nH]1. The summed E-state index contributed by atoms with van der Waals surface area (Å²) in [6.45, 7) is 4.76. The summed E-state index contributed by atoms with van der Waals surface area (Å²) in [7, 11) is 0. The Balaban J connectivity index is 2.11. The highest BCUT2D eigenvalue weighted by molar-refractivity contribution is 4.99. The summed E-state index contributed by atoms with van der Waals surface area (Å²) < 4.78 is 5.44. The summed E-state index contributed by atoms with van der Waals surface area (Å²) in [6.07, 6.45) is 1.39. The molecule has 0 amide bonds. The van der Waals surface area contributed by atoms with Gasteiger partial charge in [-0.25, -0.2) is 4.98 Å². The zero-order valence-corrected chi connectivity index (χ0v) is 7.37. The molecule has 0 bridgehead atoms. The molecule has 2 rings (SSSR count). The van der Waals surface area contributed by atoms with Crippen molar-refractivity contribution in [3.63, 3.8) is 0 Å². The monoisotopic (exact) mass is 167 g/mol. The maximum absolute atomic E-state index is 5.44. The maximum Gasteiger partial charge on any atom is 0.156 e. The lowest BCUT2D eigenvalue weighted by Gasteiger charge is -1.99.